The molecule has 0 radical (unpaired) electrons. The van der Waals surface area contributed by atoms with Gasteiger partial charge in [0.15, 0.2) is 0 Å². The highest BCUT2D eigenvalue weighted by Gasteiger charge is 2.32. The molecule has 4 nitrogen and oxygen atoms in total. The average Bonchev–Trinajstić information content (AvgIpc) is 3.41. The third-order valence-corrected chi connectivity index (χ3v) is 7.90. The Balaban J connectivity index is 1.57. The van der Waals surface area contributed by atoms with Gasteiger partial charge in [0.25, 0.3) is 0 Å². The average molecular weight is 501 g/mol. The van der Waals surface area contributed by atoms with E-state index in [4.69, 9.17) is 0 Å². The fourth-order valence-electron chi connectivity index (χ4n) is 4.81. The zero-order valence-electron chi connectivity index (χ0n) is 21.1. The Morgan fingerprint density at radius 1 is 0.889 bits per heavy atom. The second kappa shape index (κ2) is 13.3. The van der Waals surface area contributed by atoms with Crippen LogP contribution < -0.4 is 5.32 Å². The van der Waals surface area contributed by atoms with E-state index in [9.17, 15) is 9.59 Å². The number of hydrogen-bond donors (Lipinski definition) is 1. The van der Waals surface area contributed by atoms with Crippen molar-refractivity contribution in [2.24, 2.45) is 0 Å². The van der Waals surface area contributed by atoms with Gasteiger partial charge < -0.3 is 10.2 Å². The van der Waals surface area contributed by atoms with Crippen molar-refractivity contribution in [1.29, 1.82) is 0 Å². The smallest absolute Gasteiger partial charge is 0.243 e. The van der Waals surface area contributed by atoms with Crippen LogP contribution in [0.5, 0.6) is 0 Å². The van der Waals surface area contributed by atoms with E-state index >= 15 is 0 Å². The SMILES string of the molecule is Cc1ccccc1CN(C(=O)CSCc1ccccc1)C(Cc1ccccc1)C(=O)NC1CCCC1. The highest BCUT2D eigenvalue weighted by Crippen LogP contribution is 2.22. The van der Waals surface area contributed by atoms with Crippen molar-refractivity contribution in [1.82, 2.24) is 10.2 Å². The molecule has 1 aliphatic carbocycles. The summed E-state index contributed by atoms with van der Waals surface area (Å²) in [5.41, 5.74) is 4.46. The molecule has 1 N–H and O–H groups in total. The summed E-state index contributed by atoms with van der Waals surface area (Å²) in [7, 11) is 0. The fraction of sp³-hybridized carbons (Fsp3) is 0.355. The number of carbonyl (C=O) groups is 2. The molecule has 0 spiro atoms. The van der Waals surface area contributed by atoms with Gasteiger partial charge in [0.1, 0.15) is 6.04 Å². The Hall–Kier alpha value is -3.05. The molecule has 1 aliphatic rings. The van der Waals surface area contributed by atoms with Crippen LogP contribution in [0.1, 0.15) is 47.9 Å². The lowest BCUT2D eigenvalue weighted by molar-refractivity contribution is -0.139. The van der Waals surface area contributed by atoms with Crippen LogP contribution in [-0.4, -0.2) is 34.6 Å². The molecule has 36 heavy (non-hydrogen) atoms. The van der Waals surface area contributed by atoms with Gasteiger partial charge in [-0.05, 0) is 42.0 Å². The maximum atomic E-state index is 13.7. The molecule has 0 aromatic heterocycles. The predicted octanol–water partition coefficient (Wildman–Crippen LogP) is 5.93. The molecule has 0 heterocycles. The van der Waals surface area contributed by atoms with Gasteiger partial charge in [-0.15, -0.1) is 11.8 Å². The molecular formula is C31H36N2O2S. The van der Waals surface area contributed by atoms with E-state index in [1.807, 2.05) is 65.6 Å². The molecule has 3 aromatic carbocycles. The van der Waals surface area contributed by atoms with Crippen molar-refractivity contribution in [2.75, 3.05) is 5.75 Å². The molecule has 188 valence electrons. The Labute approximate surface area is 219 Å². The summed E-state index contributed by atoms with van der Waals surface area (Å²) in [6.07, 6.45) is 4.83. The van der Waals surface area contributed by atoms with Crippen LogP contribution in [0.15, 0.2) is 84.9 Å². The highest BCUT2D eigenvalue weighted by atomic mass is 32.2. The van der Waals surface area contributed by atoms with Crippen molar-refractivity contribution in [3.63, 3.8) is 0 Å². The Kier molecular flexibility index (Phi) is 9.62. The number of carbonyl (C=O) groups excluding carboxylic acids is 2. The monoisotopic (exact) mass is 500 g/mol. The molecule has 0 saturated heterocycles. The first-order valence-corrected chi connectivity index (χ1v) is 14.1. The molecular weight excluding hydrogens is 464 g/mol. The van der Waals surface area contributed by atoms with Gasteiger partial charge in [-0.2, -0.15) is 0 Å². The second-order valence-corrected chi connectivity index (χ2v) is 10.6. The van der Waals surface area contributed by atoms with Crippen LogP contribution >= 0.6 is 11.8 Å². The maximum Gasteiger partial charge on any atom is 0.243 e. The minimum absolute atomic E-state index is 0.00156. The number of hydrogen-bond acceptors (Lipinski definition) is 3. The number of nitrogens with one attached hydrogen (secondary N) is 1. The van der Waals surface area contributed by atoms with Crippen LogP contribution in [0.25, 0.3) is 0 Å². The Bertz CT molecular complexity index is 1110. The van der Waals surface area contributed by atoms with Crippen LogP contribution in [0.3, 0.4) is 0 Å². The molecule has 3 aromatic rings. The van der Waals surface area contributed by atoms with Crippen molar-refractivity contribution >= 4 is 23.6 Å². The number of rotatable bonds is 11. The van der Waals surface area contributed by atoms with E-state index in [0.29, 0.717) is 18.7 Å². The lowest BCUT2D eigenvalue weighted by Gasteiger charge is -2.32. The number of thioether (sulfide) groups is 1. The molecule has 2 amide bonds. The summed E-state index contributed by atoms with van der Waals surface area (Å²) in [4.78, 5) is 29.3. The summed E-state index contributed by atoms with van der Waals surface area (Å²) in [6.45, 7) is 2.49. The Morgan fingerprint density at radius 3 is 2.17 bits per heavy atom. The molecule has 1 saturated carbocycles. The molecule has 0 aliphatic heterocycles. The molecule has 5 heteroatoms. The number of benzene rings is 3. The first-order valence-electron chi connectivity index (χ1n) is 12.9. The van der Waals surface area contributed by atoms with E-state index in [2.05, 4.69) is 36.5 Å². The standard InChI is InChI=1S/C31H36N2O2S/c1-24-12-8-9-17-27(24)21-33(30(34)23-36-22-26-15-6-3-7-16-26)29(20-25-13-4-2-5-14-25)31(35)32-28-18-10-11-19-28/h2-9,12-17,28-29H,10-11,18-23H2,1H3,(H,32,35). The summed E-state index contributed by atoms with van der Waals surface area (Å²) >= 11 is 1.60. The molecule has 1 unspecified atom stereocenters. The number of aryl methyl sites for hydroxylation is 1. The maximum absolute atomic E-state index is 13.7. The van der Waals surface area contributed by atoms with Gasteiger partial charge in [0.05, 0.1) is 5.75 Å². The fourth-order valence-corrected chi connectivity index (χ4v) is 5.68. The minimum atomic E-state index is -0.558. The molecule has 1 fully saturated rings. The van der Waals surface area contributed by atoms with Gasteiger partial charge in [0.2, 0.25) is 11.8 Å². The summed E-state index contributed by atoms with van der Waals surface area (Å²) in [5.74, 6) is 1.06. The molecule has 4 rings (SSSR count). The third-order valence-electron chi connectivity index (χ3n) is 6.91. The first kappa shape index (κ1) is 26.0. The van der Waals surface area contributed by atoms with Crippen LogP contribution in [-0.2, 0) is 28.3 Å². The van der Waals surface area contributed by atoms with E-state index in [-0.39, 0.29) is 17.9 Å². The van der Waals surface area contributed by atoms with Crippen LogP contribution in [0, 0.1) is 6.92 Å². The molecule has 0 bridgehead atoms. The summed E-state index contributed by atoms with van der Waals surface area (Å²) in [5, 5.41) is 3.28. The van der Waals surface area contributed by atoms with Gasteiger partial charge in [-0.1, -0.05) is 97.8 Å². The van der Waals surface area contributed by atoms with E-state index in [1.165, 1.54) is 5.56 Å². The van der Waals surface area contributed by atoms with Gasteiger partial charge in [-0.3, -0.25) is 9.59 Å². The topological polar surface area (TPSA) is 49.4 Å². The van der Waals surface area contributed by atoms with Crippen molar-refractivity contribution < 1.29 is 9.59 Å². The zero-order chi connectivity index (χ0) is 25.2. The number of nitrogens with zero attached hydrogens (tertiary/aromatic N) is 1. The third kappa shape index (κ3) is 7.47. The van der Waals surface area contributed by atoms with E-state index in [1.54, 1.807) is 11.8 Å². The van der Waals surface area contributed by atoms with Crippen molar-refractivity contribution in [3.8, 4) is 0 Å². The van der Waals surface area contributed by atoms with Crippen LogP contribution in [0.4, 0.5) is 0 Å². The largest absolute Gasteiger partial charge is 0.352 e. The summed E-state index contributed by atoms with van der Waals surface area (Å²) in [6, 6.07) is 28.0. The highest BCUT2D eigenvalue weighted by molar-refractivity contribution is 7.99. The van der Waals surface area contributed by atoms with E-state index in [0.717, 1.165) is 48.1 Å². The van der Waals surface area contributed by atoms with Crippen molar-refractivity contribution in [2.45, 2.75) is 63.4 Å². The quantitative estimate of drug-likeness (QED) is 0.355. The lowest BCUT2D eigenvalue weighted by Crippen LogP contribution is -2.52. The van der Waals surface area contributed by atoms with Crippen molar-refractivity contribution in [3.05, 3.63) is 107 Å². The number of amides is 2. The minimum Gasteiger partial charge on any atom is -0.352 e. The first-order chi connectivity index (χ1) is 17.6. The molecule has 1 atom stereocenters. The lowest BCUT2D eigenvalue weighted by atomic mass is 10.0. The Morgan fingerprint density at radius 2 is 1.50 bits per heavy atom. The summed E-state index contributed by atoms with van der Waals surface area (Å²) < 4.78 is 0. The van der Waals surface area contributed by atoms with Crippen LogP contribution in [0.2, 0.25) is 0 Å². The van der Waals surface area contributed by atoms with E-state index < -0.39 is 6.04 Å². The van der Waals surface area contributed by atoms with Gasteiger partial charge >= 0.3 is 0 Å². The predicted molar refractivity (Wildman–Crippen MR) is 149 cm³/mol. The zero-order valence-corrected chi connectivity index (χ0v) is 21.9. The van der Waals surface area contributed by atoms with Gasteiger partial charge in [-0.25, -0.2) is 0 Å². The van der Waals surface area contributed by atoms with Gasteiger partial charge in [0, 0.05) is 24.8 Å². The normalized spacial score (nSPS) is 14.4. The second-order valence-electron chi connectivity index (χ2n) is 9.62.